The molecule has 1 aromatic carbocycles. The second-order valence-corrected chi connectivity index (χ2v) is 6.55. The minimum Gasteiger partial charge on any atom is -0.382 e. The van der Waals surface area contributed by atoms with Crippen LogP contribution in [0.15, 0.2) is 29.3 Å². The fourth-order valence-electron chi connectivity index (χ4n) is 2.51. The van der Waals surface area contributed by atoms with Gasteiger partial charge in [-0.1, -0.05) is 26.0 Å². The molecule has 0 aliphatic heterocycles. The van der Waals surface area contributed by atoms with Gasteiger partial charge in [0.15, 0.2) is 5.96 Å². The molecule has 1 aliphatic carbocycles. The summed E-state index contributed by atoms with van der Waals surface area (Å²) in [7, 11) is 0. The van der Waals surface area contributed by atoms with Crippen molar-refractivity contribution < 1.29 is 4.74 Å². The van der Waals surface area contributed by atoms with Gasteiger partial charge in [0.2, 0.25) is 0 Å². The predicted molar refractivity (Wildman–Crippen MR) is 93.4 cm³/mol. The van der Waals surface area contributed by atoms with Crippen LogP contribution in [0.25, 0.3) is 0 Å². The zero-order valence-corrected chi connectivity index (χ0v) is 14.1. The summed E-state index contributed by atoms with van der Waals surface area (Å²) in [5.74, 6) is 1.01. The molecule has 0 unspecified atom stereocenters. The third kappa shape index (κ3) is 5.02. The average molecular weight is 303 g/mol. The summed E-state index contributed by atoms with van der Waals surface area (Å²) in [6, 6.07) is 8.34. The Balaban J connectivity index is 1.86. The average Bonchev–Trinajstić information content (AvgIpc) is 3.26. The number of benzene rings is 1. The van der Waals surface area contributed by atoms with Crippen LogP contribution in [0.1, 0.15) is 51.5 Å². The zero-order valence-electron chi connectivity index (χ0n) is 14.1. The van der Waals surface area contributed by atoms with Crippen LogP contribution in [0.4, 0.5) is 5.69 Å². The van der Waals surface area contributed by atoms with E-state index in [1.54, 1.807) is 0 Å². The van der Waals surface area contributed by atoms with Crippen molar-refractivity contribution in [3.8, 4) is 0 Å². The Bertz CT molecular complexity index is 507. The number of aliphatic imine (C=N–C) groups is 1. The van der Waals surface area contributed by atoms with Gasteiger partial charge in [-0.2, -0.15) is 0 Å². The fourth-order valence-corrected chi connectivity index (χ4v) is 2.51. The highest BCUT2D eigenvalue weighted by Crippen LogP contribution is 2.49. The number of rotatable bonds is 8. The Hall–Kier alpha value is -1.55. The second kappa shape index (κ2) is 7.63. The van der Waals surface area contributed by atoms with Crippen LogP contribution in [0.2, 0.25) is 0 Å². The number of hydrogen-bond donors (Lipinski definition) is 2. The Labute approximate surface area is 134 Å². The number of nitrogens with zero attached hydrogens (tertiary/aromatic N) is 1. The fraction of sp³-hybridized carbons (Fsp3) is 0.611. The zero-order chi connectivity index (χ0) is 16.0. The molecule has 22 heavy (non-hydrogen) atoms. The van der Waals surface area contributed by atoms with Crippen molar-refractivity contribution in [2.45, 2.75) is 46.0 Å². The van der Waals surface area contributed by atoms with E-state index in [1.807, 2.05) is 13.0 Å². The molecule has 0 amide bonds. The van der Waals surface area contributed by atoms with Crippen molar-refractivity contribution in [3.63, 3.8) is 0 Å². The molecule has 0 atom stereocenters. The molecule has 1 fully saturated rings. The first kappa shape index (κ1) is 16.8. The molecule has 0 heterocycles. The first-order valence-electron chi connectivity index (χ1n) is 8.29. The van der Waals surface area contributed by atoms with E-state index in [9.17, 15) is 0 Å². The lowest BCUT2D eigenvalue weighted by molar-refractivity contribution is 0.129. The van der Waals surface area contributed by atoms with E-state index in [2.05, 4.69) is 42.4 Å². The molecular formula is C18H29N3O. The lowest BCUT2D eigenvalue weighted by Gasteiger charge is -2.13. The Morgan fingerprint density at radius 2 is 2.18 bits per heavy atom. The molecule has 122 valence electrons. The molecule has 1 saturated carbocycles. The Kier molecular flexibility index (Phi) is 5.83. The van der Waals surface area contributed by atoms with Crippen LogP contribution in [-0.2, 0) is 4.74 Å². The molecule has 0 spiro atoms. The van der Waals surface area contributed by atoms with Crippen LogP contribution in [0.3, 0.4) is 0 Å². The number of nitrogens with two attached hydrogens (primary N) is 1. The van der Waals surface area contributed by atoms with Gasteiger partial charge in [0.05, 0.1) is 0 Å². The highest BCUT2D eigenvalue weighted by molar-refractivity contribution is 5.92. The van der Waals surface area contributed by atoms with Crippen LogP contribution < -0.4 is 11.1 Å². The highest BCUT2D eigenvalue weighted by atomic mass is 16.5. The van der Waals surface area contributed by atoms with Gasteiger partial charge in [0, 0.05) is 25.4 Å². The van der Waals surface area contributed by atoms with Crippen molar-refractivity contribution in [2.24, 2.45) is 16.1 Å². The molecule has 2 rings (SSSR count). The van der Waals surface area contributed by atoms with Crippen molar-refractivity contribution in [1.29, 1.82) is 0 Å². The standard InChI is InChI=1S/C18H29N3O/c1-4-22-11-10-18(8-9-18)13-20-17(19)21-16-7-5-6-15(12-16)14(2)3/h5-7,12,14H,4,8-11,13H2,1-3H3,(H3,19,20,21). The van der Waals surface area contributed by atoms with Crippen LogP contribution in [0.5, 0.6) is 0 Å². The SMILES string of the molecule is CCOCCC1(CN=C(N)Nc2cccc(C(C)C)c2)CC1. The molecule has 1 aliphatic rings. The topological polar surface area (TPSA) is 59.6 Å². The Morgan fingerprint density at radius 1 is 1.41 bits per heavy atom. The van der Waals surface area contributed by atoms with Crippen LogP contribution in [0, 0.1) is 5.41 Å². The van der Waals surface area contributed by atoms with Crippen LogP contribution >= 0.6 is 0 Å². The number of guanidine groups is 1. The van der Waals surface area contributed by atoms with Crippen molar-refractivity contribution >= 4 is 11.6 Å². The second-order valence-electron chi connectivity index (χ2n) is 6.55. The maximum absolute atomic E-state index is 6.03. The number of nitrogens with one attached hydrogen (secondary N) is 1. The number of anilines is 1. The largest absolute Gasteiger partial charge is 0.382 e. The lowest BCUT2D eigenvalue weighted by Crippen LogP contribution is -2.24. The summed E-state index contributed by atoms with van der Waals surface area (Å²) in [5, 5.41) is 3.20. The molecule has 1 aromatic rings. The monoisotopic (exact) mass is 303 g/mol. The lowest BCUT2D eigenvalue weighted by atomic mass is 10.0. The third-order valence-corrected chi connectivity index (χ3v) is 4.35. The first-order valence-corrected chi connectivity index (χ1v) is 8.29. The molecule has 0 bridgehead atoms. The Morgan fingerprint density at radius 3 is 2.82 bits per heavy atom. The number of hydrogen-bond acceptors (Lipinski definition) is 2. The van der Waals surface area contributed by atoms with Crippen molar-refractivity contribution in [2.75, 3.05) is 25.1 Å². The summed E-state index contributed by atoms with van der Waals surface area (Å²) in [6.45, 7) is 8.82. The van der Waals surface area contributed by atoms with E-state index in [-0.39, 0.29) is 0 Å². The van der Waals surface area contributed by atoms with Crippen molar-refractivity contribution in [1.82, 2.24) is 0 Å². The van der Waals surface area contributed by atoms with Crippen molar-refractivity contribution in [3.05, 3.63) is 29.8 Å². The predicted octanol–water partition coefficient (Wildman–Crippen LogP) is 3.74. The molecule has 4 nitrogen and oxygen atoms in total. The van der Waals surface area contributed by atoms with Gasteiger partial charge in [-0.05, 0) is 55.2 Å². The van der Waals surface area contributed by atoms with E-state index in [4.69, 9.17) is 10.5 Å². The highest BCUT2D eigenvalue weighted by Gasteiger charge is 2.41. The van der Waals surface area contributed by atoms with E-state index in [0.29, 0.717) is 17.3 Å². The molecule has 0 radical (unpaired) electrons. The molecule has 3 N–H and O–H groups in total. The molecular weight excluding hydrogens is 274 g/mol. The smallest absolute Gasteiger partial charge is 0.193 e. The van der Waals surface area contributed by atoms with Gasteiger partial charge in [-0.25, -0.2) is 0 Å². The van der Waals surface area contributed by atoms with Crippen LogP contribution in [-0.4, -0.2) is 25.7 Å². The first-order chi connectivity index (χ1) is 10.5. The van der Waals surface area contributed by atoms with Gasteiger partial charge < -0.3 is 15.8 Å². The summed E-state index contributed by atoms with van der Waals surface area (Å²) in [5.41, 5.74) is 8.67. The summed E-state index contributed by atoms with van der Waals surface area (Å²) >= 11 is 0. The maximum Gasteiger partial charge on any atom is 0.193 e. The minimum atomic E-state index is 0.335. The van der Waals surface area contributed by atoms with Gasteiger partial charge >= 0.3 is 0 Å². The molecule has 4 heteroatoms. The third-order valence-electron chi connectivity index (χ3n) is 4.35. The maximum atomic E-state index is 6.03. The van der Waals surface area contributed by atoms with E-state index >= 15 is 0 Å². The minimum absolute atomic E-state index is 0.335. The summed E-state index contributed by atoms with van der Waals surface area (Å²) in [6.07, 6.45) is 3.56. The summed E-state index contributed by atoms with van der Waals surface area (Å²) in [4.78, 5) is 4.53. The molecule has 0 aromatic heterocycles. The van der Waals surface area contributed by atoms with Gasteiger partial charge in [-0.15, -0.1) is 0 Å². The van der Waals surface area contributed by atoms with E-state index in [0.717, 1.165) is 31.9 Å². The van der Waals surface area contributed by atoms with E-state index < -0.39 is 0 Å². The molecule has 0 saturated heterocycles. The number of ether oxygens (including phenoxy) is 1. The van der Waals surface area contributed by atoms with Gasteiger partial charge in [0.1, 0.15) is 0 Å². The van der Waals surface area contributed by atoms with Gasteiger partial charge in [-0.3, -0.25) is 4.99 Å². The van der Waals surface area contributed by atoms with Gasteiger partial charge in [0.25, 0.3) is 0 Å². The van der Waals surface area contributed by atoms with E-state index in [1.165, 1.54) is 18.4 Å². The summed E-state index contributed by atoms with van der Waals surface area (Å²) < 4.78 is 5.45. The quantitative estimate of drug-likeness (QED) is 0.437. The normalized spacial score (nSPS) is 16.8.